The van der Waals surface area contributed by atoms with E-state index in [9.17, 15) is 121 Å². The number of carbonyl (C=O) groups is 5. The molecule has 40 heteroatoms. The minimum absolute atomic E-state index is 0.133. The summed E-state index contributed by atoms with van der Waals surface area (Å²) in [5.74, 6) is -7.91. The van der Waals surface area contributed by atoms with Gasteiger partial charge in [0, 0.05) is 33.6 Å². The molecule has 119 heavy (non-hydrogen) atoms. The summed E-state index contributed by atoms with van der Waals surface area (Å²) in [6.45, 7) is 0.603. The molecule has 0 aliphatic carbocycles. The predicted octanol–water partition coefficient (Wildman–Crippen LogP) is -3.85. The van der Waals surface area contributed by atoms with Crippen molar-refractivity contribution in [1.82, 2.24) is 21.3 Å². The second kappa shape index (κ2) is 53.4. The highest BCUT2D eigenvalue weighted by molar-refractivity contribution is 5.77. The third kappa shape index (κ3) is 31.2. The monoisotopic (exact) mass is 1720 g/mol. The lowest BCUT2D eigenvalue weighted by Crippen LogP contribution is -2.70. The van der Waals surface area contributed by atoms with E-state index in [-0.39, 0.29) is 12.3 Å². The molecule has 6 aliphatic heterocycles. The maximum absolute atomic E-state index is 13.6. The van der Waals surface area contributed by atoms with Gasteiger partial charge in [0.05, 0.1) is 70.5 Å². The van der Waals surface area contributed by atoms with Crippen molar-refractivity contribution in [3.63, 3.8) is 0 Å². The topological polar surface area (TPSA) is 629 Å². The van der Waals surface area contributed by atoms with Gasteiger partial charge in [0.25, 0.3) is 5.79 Å². The summed E-state index contributed by atoms with van der Waals surface area (Å²) in [5.41, 5.74) is 0. The summed E-state index contributed by atoms with van der Waals surface area (Å²) in [6, 6.07) is -6.30. The van der Waals surface area contributed by atoms with Crippen LogP contribution in [0.4, 0.5) is 0 Å². The number of ether oxygens (including phenoxy) is 12. The van der Waals surface area contributed by atoms with E-state index < -0.39 is 278 Å². The number of allylic oxidation sites excluding steroid dienone is 1. The number of carboxylic acids is 1. The van der Waals surface area contributed by atoms with Gasteiger partial charge in [0.1, 0.15) is 140 Å². The maximum atomic E-state index is 13.6. The zero-order chi connectivity index (χ0) is 87.6. The average Bonchev–Trinajstić information content (AvgIpc) is 0.769. The minimum Gasteiger partial charge on any atom is -0.477 e. The summed E-state index contributed by atoms with van der Waals surface area (Å²) in [5, 5.41) is 223. The Morgan fingerprint density at radius 3 is 1.39 bits per heavy atom. The van der Waals surface area contributed by atoms with Gasteiger partial charge >= 0.3 is 5.97 Å². The first kappa shape index (κ1) is 104. The zero-order valence-electron chi connectivity index (χ0n) is 69.1. The standard InChI is InChI=1S/C79H140N4O36/c1-6-8-10-12-14-16-18-20-22-24-26-28-30-32-46(91)45(83-54(94)33-31-29-27-25-23-21-19-17-15-13-11-9-7-2)39-108-75-67(104)65(102)70(51(38-87)113-75)117-77-68(105)72(61(98)52(114-77)40-109-73-56(81-43(4)89)62(99)59(96)49(36-85)111-73)118-74-57(82-44(5)90)63(100)69(50(37-86)112-74)116-76-66(103)64(101)60(97)53(115-76)41-110-79(78(106)107)34-47(92)55(80-42(3)88)71(119-79)58(95)48(93)35-84/h30,32,45-53,55-77,84-87,91-93,95-105H,6-29,31,33-41H2,1-5H3,(H,80,88)(H,81,89)(H,82,90)(H,83,94)(H,106,107)/b32-30+/t45-,46+,47?,48+,49?,50?,51?,52?,53?,55+,56?,57?,58+,59+,60-,61-,62+,63+,64-,65+,66?,67?,68?,69+,70+,71?,72-,73+,74-,75+,76-,77-,79+/m0/s1. The van der Waals surface area contributed by atoms with Crippen molar-refractivity contribution < 1.29 is 178 Å². The Morgan fingerprint density at radius 1 is 0.445 bits per heavy atom. The van der Waals surface area contributed by atoms with E-state index in [4.69, 9.17) is 56.8 Å². The first-order valence-electron chi connectivity index (χ1n) is 42.6. The Balaban J connectivity index is 1.21. The zero-order valence-corrected chi connectivity index (χ0v) is 69.1. The van der Waals surface area contributed by atoms with Crippen molar-refractivity contribution in [2.24, 2.45) is 0 Å². The SMILES string of the molecule is CCCCCCCCCCCCC/C=C/[C@@H](O)[C@H](CO[C@@H]1OC(CO)[C@@H](O[C@@H]2OC(CO[C@@H]3OC(CO)[C@@H](O)[C@H](O)C3NC(C)=O)[C@H](O)[C@H](O[C@@H]3OC(CO)[C@@H](O[C@@H]4OC(CO[C@]5(C(=O)O)CC(O)[C@@H](NC(C)=O)C([C@H](O)[C@H](O)CO)O5)[C@H](O)[C@H](O)C4O)[C@H](O)C3NC(C)=O)C2O)[C@H](O)C1O)NC(=O)CCCCCCCCCCCCCCC. The van der Waals surface area contributed by atoms with Gasteiger partial charge in [-0.2, -0.15) is 0 Å². The second-order valence-corrected chi connectivity index (χ2v) is 32.2. The lowest BCUT2D eigenvalue weighted by Gasteiger charge is -2.50. The van der Waals surface area contributed by atoms with Gasteiger partial charge < -0.3 is 175 Å². The van der Waals surface area contributed by atoms with Crippen LogP contribution in [0.2, 0.25) is 0 Å². The van der Waals surface area contributed by atoms with Gasteiger partial charge in [-0.1, -0.05) is 167 Å². The van der Waals surface area contributed by atoms with E-state index in [0.29, 0.717) is 12.8 Å². The third-order valence-corrected chi connectivity index (χ3v) is 22.6. The van der Waals surface area contributed by atoms with Gasteiger partial charge in [-0.3, -0.25) is 19.2 Å². The predicted molar refractivity (Wildman–Crippen MR) is 413 cm³/mol. The molecular weight excluding hydrogens is 1580 g/mol. The smallest absolute Gasteiger partial charge is 0.364 e. The van der Waals surface area contributed by atoms with Gasteiger partial charge in [0.2, 0.25) is 23.6 Å². The summed E-state index contributed by atoms with van der Waals surface area (Å²) < 4.78 is 71.4. The fourth-order valence-electron chi connectivity index (χ4n) is 15.6. The lowest BCUT2D eigenvalue weighted by atomic mass is 9.88. The summed E-state index contributed by atoms with van der Waals surface area (Å²) in [7, 11) is 0. The normalized spacial score (nSPS) is 36.2. The number of aliphatic hydroxyl groups is 18. The van der Waals surface area contributed by atoms with Crippen LogP contribution < -0.4 is 21.3 Å². The fraction of sp³-hybridized carbons (Fsp3) is 0.911. The number of carbonyl (C=O) groups excluding carboxylic acids is 4. The van der Waals surface area contributed by atoms with Crippen LogP contribution in [-0.2, 0) is 80.8 Å². The Kier molecular flexibility index (Phi) is 46.5. The second-order valence-electron chi connectivity index (χ2n) is 32.2. The molecule has 6 heterocycles. The van der Waals surface area contributed by atoms with Crippen LogP contribution in [0.25, 0.3) is 0 Å². The van der Waals surface area contributed by atoms with Crippen LogP contribution in [0.5, 0.6) is 0 Å². The molecule has 0 aromatic rings. The van der Waals surface area contributed by atoms with Crippen molar-refractivity contribution in [1.29, 1.82) is 0 Å². The number of nitrogens with one attached hydrogen (secondary N) is 4. The van der Waals surface area contributed by atoms with Crippen LogP contribution in [0.3, 0.4) is 0 Å². The third-order valence-electron chi connectivity index (χ3n) is 22.6. The molecule has 6 saturated heterocycles. The van der Waals surface area contributed by atoms with Gasteiger partial charge in [-0.05, 0) is 19.3 Å². The Hall–Kier alpha value is -4.11. The van der Waals surface area contributed by atoms with Crippen molar-refractivity contribution in [3.05, 3.63) is 12.2 Å². The molecule has 6 fully saturated rings. The molecule has 40 nitrogen and oxygen atoms in total. The van der Waals surface area contributed by atoms with Crippen LogP contribution in [0.15, 0.2) is 12.2 Å². The van der Waals surface area contributed by atoms with Gasteiger partial charge in [-0.25, -0.2) is 4.79 Å². The molecular formula is C79H140N4O36. The average molecular weight is 1720 g/mol. The first-order chi connectivity index (χ1) is 56.8. The van der Waals surface area contributed by atoms with E-state index in [1.54, 1.807) is 6.08 Å². The summed E-state index contributed by atoms with van der Waals surface area (Å²) >= 11 is 0. The molecule has 0 spiro atoms. The van der Waals surface area contributed by atoms with Crippen LogP contribution in [0, 0.1) is 0 Å². The molecule has 12 unspecified atom stereocenters. The lowest BCUT2D eigenvalue weighted by molar-refractivity contribution is -0.385. The maximum Gasteiger partial charge on any atom is 0.364 e. The highest BCUT2D eigenvalue weighted by Gasteiger charge is 2.60. The van der Waals surface area contributed by atoms with Crippen LogP contribution in [0.1, 0.15) is 208 Å². The summed E-state index contributed by atoms with van der Waals surface area (Å²) in [4.78, 5) is 64.3. The van der Waals surface area contributed by atoms with Gasteiger partial charge in [-0.15, -0.1) is 0 Å². The van der Waals surface area contributed by atoms with Crippen LogP contribution >= 0.6 is 0 Å². The molecule has 0 aromatic carbocycles. The van der Waals surface area contributed by atoms with E-state index in [2.05, 4.69) is 35.1 Å². The number of aliphatic hydroxyl groups excluding tert-OH is 18. The Bertz CT molecular complexity index is 2920. The van der Waals surface area contributed by atoms with E-state index in [0.717, 1.165) is 78.6 Å². The molecule has 0 bridgehead atoms. The largest absolute Gasteiger partial charge is 0.477 e. The molecule has 6 rings (SSSR count). The number of unbranched alkanes of at least 4 members (excludes halogenated alkanes) is 23. The molecule has 6 aliphatic rings. The highest BCUT2D eigenvalue weighted by Crippen LogP contribution is 2.39. The van der Waals surface area contributed by atoms with Gasteiger partial charge in [0.15, 0.2) is 31.5 Å². The van der Waals surface area contributed by atoms with E-state index >= 15 is 0 Å². The number of amides is 4. The van der Waals surface area contributed by atoms with Crippen molar-refractivity contribution in [3.8, 4) is 0 Å². The number of rotatable bonds is 54. The molecule has 33 atom stereocenters. The minimum atomic E-state index is -3.03. The number of hydrogen-bond acceptors (Lipinski definition) is 35. The Morgan fingerprint density at radius 2 is 0.882 bits per heavy atom. The highest BCUT2D eigenvalue weighted by atomic mass is 16.8. The quantitative estimate of drug-likeness (QED) is 0.0205. The molecule has 692 valence electrons. The molecule has 23 N–H and O–H groups in total. The molecule has 0 saturated carbocycles. The Labute approximate surface area is 694 Å². The first-order valence-corrected chi connectivity index (χ1v) is 42.6. The molecule has 0 aromatic heterocycles. The fourth-order valence-corrected chi connectivity index (χ4v) is 15.6. The summed E-state index contributed by atoms with van der Waals surface area (Å²) in [6.07, 6.45) is -26.4. The number of hydrogen-bond donors (Lipinski definition) is 23. The number of aliphatic carboxylic acids is 1. The van der Waals surface area contributed by atoms with Crippen molar-refractivity contribution >= 4 is 29.6 Å². The van der Waals surface area contributed by atoms with Crippen molar-refractivity contribution in [2.75, 3.05) is 46.2 Å². The van der Waals surface area contributed by atoms with E-state index in [1.807, 2.05) is 6.08 Å². The van der Waals surface area contributed by atoms with Crippen molar-refractivity contribution in [2.45, 2.75) is 410 Å². The molecule has 4 amide bonds. The van der Waals surface area contributed by atoms with E-state index in [1.165, 1.54) is 89.9 Å². The molecule has 0 radical (unpaired) electrons. The van der Waals surface area contributed by atoms with Crippen LogP contribution in [-0.4, -0.2) is 375 Å². The number of carboxylic acid groups (broad SMARTS) is 1.